The van der Waals surface area contributed by atoms with Gasteiger partial charge in [0.15, 0.2) is 0 Å². The lowest BCUT2D eigenvalue weighted by molar-refractivity contribution is 0.564. The predicted octanol–water partition coefficient (Wildman–Crippen LogP) is 4.97. The van der Waals surface area contributed by atoms with E-state index in [-0.39, 0.29) is 0 Å². The highest BCUT2D eigenvalue weighted by Crippen LogP contribution is 2.49. The molecule has 0 saturated heterocycles. The van der Waals surface area contributed by atoms with Gasteiger partial charge in [-0.15, -0.1) is 11.8 Å². The molecule has 3 heteroatoms. The van der Waals surface area contributed by atoms with Crippen molar-refractivity contribution in [3.8, 4) is 0 Å². The first-order valence-corrected chi connectivity index (χ1v) is 10.3. The van der Waals surface area contributed by atoms with E-state index in [0.717, 1.165) is 19.3 Å². The maximum atomic E-state index is 12.1. The molecule has 0 bridgehead atoms. The van der Waals surface area contributed by atoms with Gasteiger partial charge in [-0.25, -0.2) is 0 Å². The fraction of sp³-hybridized carbons (Fsp3) is 0.467. The van der Waals surface area contributed by atoms with E-state index in [9.17, 15) is 4.57 Å². The molecule has 0 saturated carbocycles. The maximum Gasteiger partial charge on any atom is 0.0851 e. The molecule has 18 heavy (non-hydrogen) atoms. The van der Waals surface area contributed by atoms with Gasteiger partial charge in [-0.05, 0) is 62.1 Å². The average Bonchev–Trinajstić information content (AvgIpc) is 2.38. The predicted molar refractivity (Wildman–Crippen MR) is 83.3 cm³/mol. The van der Waals surface area contributed by atoms with Crippen LogP contribution in [0.2, 0.25) is 0 Å². The standard InChI is InChI=1S/C15H21OPS/c1-17(2,16)14-8-4-12(5-9-14)13-6-10-15(18-3)11-7-13/h4,6-7,10-11,14H,5,8-9H2,1-3H3. The molecule has 98 valence electrons. The van der Waals surface area contributed by atoms with Crippen LogP contribution in [0.15, 0.2) is 35.2 Å². The van der Waals surface area contributed by atoms with Crippen molar-refractivity contribution in [1.82, 2.24) is 0 Å². The van der Waals surface area contributed by atoms with Crippen molar-refractivity contribution in [2.75, 3.05) is 19.6 Å². The largest absolute Gasteiger partial charge is 0.324 e. The minimum atomic E-state index is -1.92. The third kappa shape index (κ3) is 3.30. The molecule has 1 aliphatic rings. The Morgan fingerprint density at radius 1 is 1.22 bits per heavy atom. The number of rotatable bonds is 3. The number of hydrogen-bond donors (Lipinski definition) is 0. The van der Waals surface area contributed by atoms with Gasteiger partial charge in [0.05, 0.1) is 7.14 Å². The van der Waals surface area contributed by atoms with Crippen LogP contribution in [0.4, 0.5) is 0 Å². The molecular formula is C15H21OPS. The van der Waals surface area contributed by atoms with Gasteiger partial charge >= 0.3 is 0 Å². The summed E-state index contributed by atoms with van der Waals surface area (Å²) in [5.74, 6) is 0. The lowest BCUT2D eigenvalue weighted by atomic mass is 9.93. The van der Waals surface area contributed by atoms with Gasteiger partial charge in [0, 0.05) is 10.6 Å². The molecule has 0 amide bonds. The van der Waals surface area contributed by atoms with Crippen LogP contribution in [0, 0.1) is 0 Å². The highest BCUT2D eigenvalue weighted by atomic mass is 32.2. The van der Waals surface area contributed by atoms with E-state index in [4.69, 9.17) is 0 Å². The molecule has 1 aromatic rings. The normalized spacial score (nSPS) is 20.6. The van der Waals surface area contributed by atoms with Gasteiger partial charge in [0.25, 0.3) is 0 Å². The average molecular weight is 280 g/mol. The fourth-order valence-electron chi connectivity index (χ4n) is 2.45. The minimum Gasteiger partial charge on any atom is -0.324 e. The van der Waals surface area contributed by atoms with Crippen molar-refractivity contribution < 1.29 is 4.57 Å². The van der Waals surface area contributed by atoms with Crippen molar-refractivity contribution in [2.24, 2.45) is 0 Å². The maximum absolute atomic E-state index is 12.1. The molecule has 2 rings (SSSR count). The highest BCUT2D eigenvalue weighted by molar-refractivity contribution is 7.98. The SMILES string of the molecule is CSc1ccc(C2=CCC(P(C)(C)=O)CC2)cc1. The van der Waals surface area contributed by atoms with Crippen molar-refractivity contribution in [3.63, 3.8) is 0 Å². The van der Waals surface area contributed by atoms with Crippen LogP contribution in [0.3, 0.4) is 0 Å². The van der Waals surface area contributed by atoms with Crippen molar-refractivity contribution in [1.29, 1.82) is 0 Å². The van der Waals surface area contributed by atoms with E-state index >= 15 is 0 Å². The minimum absolute atomic E-state index is 0.395. The quantitative estimate of drug-likeness (QED) is 0.574. The highest BCUT2D eigenvalue weighted by Gasteiger charge is 2.25. The molecule has 1 nitrogen and oxygen atoms in total. The van der Waals surface area contributed by atoms with Gasteiger partial charge in [0.1, 0.15) is 0 Å². The summed E-state index contributed by atoms with van der Waals surface area (Å²) in [7, 11) is -1.92. The monoisotopic (exact) mass is 280 g/mol. The fourth-order valence-corrected chi connectivity index (χ4v) is 4.22. The van der Waals surface area contributed by atoms with Crippen molar-refractivity contribution in [2.45, 2.75) is 29.8 Å². The summed E-state index contributed by atoms with van der Waals surface area (Å²) in [6, 6.07) is 8.76. The topological polar surface area (TPSA) is 17.1 Å². The molecule has 0 aromatic heterocycles. The molecule has 0 heterocycles. The molecule has 0 aliphatic heterocycles. The molecule has 0 spiro atoms. The van der Waals surface area contributed by atoms with Gasteiger partial charge in [0.2, 0.25) is 0 Å². The summed E-state index contributed by atoms with van der Waals surface area (Å²) in [4.78, 5) is 1.31. The first-order valence-electron chi connectivity index (χ1n) is 6.39. The van der Waals surface area contributed by atoms with Crippen LogP contribution in [0.5, 0.6) is 0 Å². The third-order valence-electron chi connectivity index (χ3n) is 3.72. The second-order valence-corrected chi connectivity index (χ2v) is 9.80. The Kier molecular flexibility index (Phi) is 4.40. The second kappa shape index (κ2) is 5.67. The Morgan fingerprint density at radius 2 is 1.89 bits per heavy atom. The Morgan fingerprint density at radius 3 is 2.33 bits per heavy atom. The summed E-state index contributed by atoms with van der Waals surface area (Å²) in [6.45, 7) is 3.84. The summed E-state index contributed by atoms with van der Waals surface area (Å²) in [6.07, 6.45) is 7.50. The van der Waals surface area contributed by atoms with Crippen LogP contribution in [-0.2, 0) is 4.57 Å². The number of benzene rings is 1. The molecule has 1 atom stereocenters. The molecule has 1 unspecified atom stereocenters. The van der Waals surface area contributed by atoms with E-state index < -0.39 is 7.14 Å². The van der Waals surface area contributed by atoms with E-state index in [1.165, 1.54) is 16.0 Å². The van der Waals surface area contributed by atoms with Gasteiger partial charge in [-0.3, -0.25) is 0 Å². The Hall–Kier alpha value is -0.460. The van der Waals surface area contributed by atoms with E-state index in [2.05, 4.69) is 36.6 Å². The van der Waals surface area contributed by atoms with Gasteiger partial charge < -0.3 is 4.57 Å². The van der Waals surface area contributed by atoms with E-state index in [0.29, 0.717) is 5.66 Å². The van der Waals surface area contributed by atoms with Crippen LogP contribution >= 0.6 is 18.9 Å². The van der Waals surface area contributed by atoms with E-state index in [1.807, 2.05) is 13.3 Å². The lowest BCUT2D eigenvalue weighted by Gasteiger charge is -2.25. The van der Waals surface area contributed by atoms with Gasteiger partial charge in [-0.2, -0.15) is 0 Å². The molecular weight excluding hydrogens is 259 g/mol. The Bertz CT molecular complexity index is 484. The first-order chi connectivity index (χ1) is 8.50. The zero-order valence-electron chi connectivity index (χ0n) is 11.3. The van der Waals surface area contributed by atoms with Crippen LogP contribution in [-0.4, -0.2) is 25.2 Å². The summed E-state index contributed by atoms with van der Waals surface area (Å²) < 4.78 is 12.1. The molecule has 1 aliphatic carbocycles. The zero-order valence-corrected chi connectivity index (χ0v) is 13.1. The summed E-state index contributed by atoms with van der Waals surface area (Å²) in [5.41, 5.74) is 3.15. The summed E-state index contributed by atoms with van der Waals surface area (Å²) in [5, 5.41) is 0. The van der Waals surface area contributed by atoms with Crippen LogP contribution < -0.4 is 0 Å². The number of hydrogen-bond acceptors (Lipinski definition) is 2. The third-order valence-corrected chi connectivity index (χ3v) is 6.69. The molecule has 0 radical (unpaired) electrons. The number of allylic oxidation sites excluding steroid dienone is 2. The summed E-state index contributed by atoms with van der Waals surface area (Å²) >= 11 is 1.77. The van der Waals surface area contributed by atoms with Crippen molar-refractivity contribution >= 4 is 24.5 Å². The molecule has 1 aromatic carbocycles. The number of thioether (sulfide) groups is 1. The Balaban J connectivity index is 2.11. The Labute approximate surface area is 114 Å². The van der Waals surface area contributed by atoms with Crippen LogP contribution in [0.1, 0.15) is 24.8 Å². The molecule has 0 N–H and O–H groups in total. The van der Waals surface area contributed by atoms with Gasteiger partial charge in [-0.1, -0.05) is 18.2 Å². The molecule has 0 fully saturated rings. The second-order valence-electron chi connectivity index (χ2n) is 5.32. The first kappa shape index (κ1) is 14.0. The van der Waals surface area contributed by atoms with E-state index in [1.54, 1.807) is 11.8 Å². The lowest BCUT2D eigenvalue weighted by Crippen LogP contribution is -2.11. The zero-order chi connectivity index (χ0) is 13.2. The van der Waals surface area contributed by atoms with Crippen LogP contribution in [0.25, 0.3) is 5.57 Å². The smallest absolute Gasteiger partial charge is 0.0851 e. The van der Waals surface area contributed by atoms with Crippen molar-refractivity contribution in [3.05, 3.63) is 35.9 Å².